The number of benzene rings is 2. The molecule has 6 heteroatoms. The smallest absolute Gasteiger partial charge is 0.228 e. The van der Waals surface area contributed by atoms with Crippen molar-refractivity contribution in [3.8, 4) is 0 Å². The van der Waals surface area contributed by atoms with Crippen molar-refractivity contribution in [2.24, 2.45) is 0 Å². The first kappa shape index (κ1) is 16.7. The summed E-state index contributed by atoms with van der Waals surface area (Å²) in [6, 6.07) is 17.9. The molecule has 128 valence electrons. The highest BCUT2D eigenvalue weighted by molar-refractivity contribution is 5.77. The largest absolute Gasteiger partial charge is 0.378 e. The maximum Gasteiger partial charge on any atom is 0.228 e. The van der Waals surface area contributed by atoms with Gasteiger partial charge in [0, 0.05) is 12.2 Å². The van der Waals surface area contributed by atoms with Crippen molar-refractivity contribution >= 4 is 11.6 Å². The number of carbonyl (C=O) groups is 1. The molecule has 0 aliphatic rings. The molecule has 25 heavy (non-hydrogen) atoms. The number of H-pyrrole nitrogens is 1. The SMILES string of the molecule is Cc1ccc(NCc2nc(CC(=O)NCc3ccccc3)n[nH]2)cc1. The van der Waals surface area contributed by atoms with Crippen LogP contribution in [-0.4, -0.2) is 21.1 Å². The van der Waals surface area contributed by atoms with Gasteiger partial charge < -0.3 is 10.6 Å². The molecule has 0 saturated carbocycles. The van der Waals surface area contributed by atoms with Gasteiger partial charge in [-0.15, -0.1) is 0 Å². The fourth-order valence-corrected chi connectivity index (χ4v) is 2.35. The molecule has 0 unspecified atom stereocenters. The molecule has 0 spiro atoms. The number of hydrogen-bond donors (Lipinski definition) is 3. The first-order valence-electron chi connectivity index (χ1n) is 8.20. The molecule has 3 rings (SSSR count). The van der Waals surface area contributed by atoms with Crippen molar-refractivity contribution in [3.05, 3.63) is 77.4 Å². The Hall–Kier alpha value is -3.15. The molecule has 1 aromatic heterocycles. The van der Waals surface area contributed by atoms with Crippen LogP contribution in [0.4, 0.5) is 5.69 Å². The number of nitrogens with zero attached hydrogens (tertiary/aromatic N) is 2. The standard InChI is InChI=1S/C19H21N5O/c1-14-7-9-16(10-8-14)20-13-18-22-17(23-24-18)11-19(25)21-12-15-5-3-2-4-6-15/h2-10,20H,11-13H2,1H3,(H,21,25)(H,22,23,24). The lowest BCUT2D eigenvalue weighted by molar-refractivity contribution is -0.120. The van der Waals surface area contributed by atoms with E-state index in [4.69, 9.17) is 0 Å². The maximum atomic E-state index is 12.0. The van der Waals surface area contributed by atoms with Crippen LogP contribution in [0.5, 0.6) is 0 Å². The summed E-state index contributed by atoms with van der Waals surface area (Å²) in [6.45, 7) is 3.09. The Morgan fingerprint density at radius 1 is 1.04 bits per heavy atom. The van der Waals surface area contributed by atoms with Crippen molar-refractivity contribution in [2.45, 2.75) is 26.4 Å². The number of carbonyl (C=O) groups excluding carboxylic acids is 1. The Bertz CT molecular complexity index is 811. The highest BCUT2D eigenvalue weighted by Crippen LogP contribution is 2.09. The normalized spacial score (nSPS) is 10.4. The lowest BCUT2D eigenvalue weighted by atomic mass is 10.2. The summed E-state index contributed by atoms with van der Waals surface area (Å²) in [7, 11) is 0. The van der Waals surface area contributed by atoms with Crippen LogP contribution < -0.4 is 10.6 Å². The predicted octanol–water partition coefficient (Wildman–Crippen LogP) is 2.58. The zero-order chi connectivity index (χ0) is 17.5. The van der Waals surface area contributed by atoms with Crippen LogP contribution in [0, 0.1) is 6.92 Å². The lowest BCUT2D eigenvalue weighted by Crippen LogP contribution is -2.25. The van der Waals surface area contributed by atoms with Gasteiger partial charge in [0.25, 0.3) is 0 Å². The molecular formula is C19H21N5O. The molecule has 0 fully saturated rings. The lowest BCUT2D eigenvalue weighted by Gasteiger charge is -2.04. The summed E-state index contributed by atoms with van der Waals surface area (Å²) in [5.74, 6) is 1.10. The van der Waals surface area contributed by atoms with E-state index in [9.17, 15) is 4.79 Å². The predicted molar refractivity (Wildman–Crippen MR) is 96.9 cm³/mol. The van der Waals surface area contributed by atoms with Crippen LogP contribution in [0.3, 0.4) is 0 Å². The molecule has 1 amide bonds. The average Bonchev–Trinajstić information content (AvgIpc) is 3.08. The first-order chi connectivity index (χ1) is 12.2. The molecule has 6 nitrogen and oxygen atoms in total. The summed E-state index contributed by atoms with van der Waals surface area (Å²) >= 11 is 0. The highest BCUT2D eigenvalue weighted by Gasteiger charge is 2.09. The molecule has 3 aromatic rings. The van der Waals surface area contributed by atoms with Crippen molar-refractivity contribution in [2.75, 3.05) is 5.32 Å². The van der Waals surface area contributed by atoms with Crippen LogP contribution >= 0.6 is 0 Å². The van der Waals surface area contributed by atoms with Crippen molar-refractivity contribution in [1.82, 2.24) is 20.5 Å². The van der Waals surface area contributed by atoms with Gasteiger partial charge in [0.1, 0.15) is 5.82 Å². The van der Waals surface area contributed by atoms with Crippen molar-refractivity contribution in [3.63, 3.8) is 0 Å². The van der Waals surface area contributed by atoms with E-state index in [0.717, 1.165) is 11.3 Å². The molecule has 0 bridgehead atoms. The maximum absolute atomic E-state index is 12.0. The van der Waals surface area contributed by atoms with Gasteiger partial charge in [-0.2, -0.15) is 5.10 Å². The zero-order valence-corrected chi connectivity index (χ0v) is 14.1. The molecule has 3 N–H and O–H groups in total. The number of nitrogens with one attached hydrogen (secondary N) is 3. The minimum Gasteiger partial charge on any atom is -0.378 e. The van der Waals surface area contributed by atoms with E-state index in [1.54, 1.807) is 0 Å². The fourth-order valence-electron chi connectivity index (χ4n) is 2.35. The third kappa shape index (κ3) is 5.17. The minimum atomic E-state index is -0.0964. The minimum absolute atomic E-state index is 0.0964. The van der Waals surface area contributed by atoms with E-state index < -0.39 is 0 Å². The van der Waals surface area contributed by atoms with Gasteiger partial charge in [-0.05, 0) is 24.6 Å². The Morgan fingerprint density at radius 3 is 2.56 bits per heavy atom. The van der Waals surface area contributed by atoms with E-state index in [0.29, 0.717) is 24.7 Å². The van der Waals surface area contributed by atoms with E-state index in [1.165, 1.54) is 5.56 Å². The number of aromatic nitrogens is 3. The summed E-state index contributed by atoms with van der Waals surface area (Å²) in [4.78, 5) is 16.3. The van der Waals surface area contributed by atoms with Gasteiger partial charge in [-0.1, -0.05) is 48.0 Å². The molecule has 0 aliphatic carbocycles. The Labute approximate surface area is 146 Å². The van der Waals surface area contributed by atoms with Crippen LogP contribution in [0.15, 0.2) is 54.6 Å². The first-order valence-corrected chi connectivity index (χ1v) is 8.20. The molecule has 0 radical (unpaired) electrons. The van der Waals surface area contributed by atoms with Crippen LogP contribution in [0.25, 0.3) is 0 Å². The summed E-state index contributed by atoms with van der Waals surface area (Å²) in [6.07, 6.45) is 0.161. The number of aromatic amines is 1. The molecular weight excluding hydrogens is 314 g/mol. The fraction of sp³-hybridized carbons (Fsp3) is 0.211. The monoisotopic (exact) mass is 335 g/mol. The molecule has 0 aliphatic heterocycles. The molecule has 2 aromatic carbocycles. The summed E-state index contributed by atoms with van der Waals surface area (Å²) in [5, 5.41) is 13.1. The van der Waals surface area contributed by atoms with Crippen molar-refractivity contribution < 1.29 is 4.79 Å². The quantitative estimate of drug-likeness (QED) is 0.620. The van der Waals surface area contributed by atoms with Crippen LogP contribution in [-0.2, 0) is 24.3 Å². The number of anilines is 1. The average molecular weight is 335 g/mol. The molecule has 0 atom stereocenters. The number of aryl methyl sites for hydroxylation is 1. The van der Waals surface area contributed by atoms with Gasteiger partial charge in [-0.25, -0.2) is 4.98 Å². The van der Waals surface area contributed by atoms with Gasteiger partial charge in [0.2, 0.25) is 5.91 Å². The molecule has 0 saturated heterocycles. The second-order valence-electron chi connectivity index (χ2n) is 5.86. The summed E-state index contributed by atoms with van der Waals surface area (Å²) < 4.78 is 0. The van der Waals surface area contributed by atoms with Crippen LogP contribution in [0.2, 0.25) is 0 Å². The van der Waals surface area contributed by atoms with E-state index in [-0.39, 0.29) is 12.3 Å². The number of hydrogen-bond acceptors (Lipinski definition) is 4. The second kappa shape index (κ2) is 8.10. The van der Waals surface area contributed by atoms with Gasteiger partial charge in [-0.3, -0.25) is 9.89 Å². The Morgan fingerprint density at radius 2 is 1.80 bits per heavy atom. The highest BCUT2D eigenvalue weighted by atomic mass is 16.1. The molecule has 1 heterocycles. The zero-order valence-electron chi connectivity index (χ0n) is 14.1. The third-order valence-electron chi connectivity index (χ3n) is 3.74. The third-order valence-corrected chi connectivity index (χ3v) is 3.74. The van der Waals surface area contributed by atoms with Crippen LogP contribution in [0.1, 0.15) is 22.8 Å². The Balaban J connectivity index is 1.46. The van der Waals surface area contributed by atoms with Crippen molar-refractivity contribution in [1.29, 1.82) is 0 Å². The van der Waals surface area contributed by atoms with Gasteiger partial charge in [0.05, 0.1) is 13.0 Å². The topological polar surface area (TPSA) is 82.7 Å². The van der Waals surface area contributed by atoms with E-state index in [2.05, 4.69) is 32.7 Å². The number of amides is 1. The van der Waals surface area contributed by atoms with E-state index in [1.807, 2.05) is 54.6 Å². The second-order valence-corrected chi connectivity index (χ2v) is 5.86. The van der Waals surface area contributed by atoms with Gasteiger partial charge in [0.15, 0.2) is 5.82 Å². The van der Waals surface area contributed by atoms with Gasteiger partial charge >= 0.3 is 0 Å². The Kier molecular flexibility index (Phi) is 5.41. The summed E-state index contributed by atoms with van der Waals surface area (Å²) in [5.41, 5.74) is 3.30. The van der Waals surface area contributed by atoms with E-state index >= 15 is 0 Å². The number of rotatable bonds is 7.